The Balaban J connectivity index is 4.09. The molecule has 0 fully saturated rings. The lowest BCUT2D eigenvalue weighted by Gasteiger charge is -2.17. The third-order valence-corrected chi connectivity index (χ3v) is 2.62. The van der Waals surface area contributed by atoms with Crippen LogP contribution >= 0.6 is 0 Å². The zero-order chi connectivity index (χ0) is 14.9. The van der Waals surface area contributed by atoms with E-state index in [1.807, 2.05) is 6.92 Å². The quantitative estimate of drug-likeness (QED) is 0.458. The van der Waals surface area contributed by atoms with Gasteiger partial charge in [0, 0.05) is 6.42 Å². The van der Waals surface area contributed by atoms with Crippen molar-refractivity contribution in [2.24, 2.45) is 0 Å². The van der Waals surface area contributed by atoms with Crippen LogP contribution in [0.2, 0.25) is 0 Å². The van der Waals surface area contributed by atoms with Crippen LogP contribution in [0, 0.1) is 0 Å². The Bertz CT molecular complexity index is 267. The zero-order valence-corrected chi connectivity index (χ0v) is 10.9. The third kappa shape index (κ3) is 9.12. The molecule has 0 amide bonds. The topological polar surface area (TPSA) is 66.8 Å². The van der Waals surface area contributed by atoms with Crippen LogP contribution < -0.4 is 0 Å². The molecule has 0 spiro atoms. The first-order chi connectivity index (χ1) is 8.77. The Kier molecular flexibility index (Phi) is 7.96. The minimum atomic E-state index is -2.20. The minimum absolute atomic E-state index is 0.0316. The van der Waals surface area contributed by atoms with Crippen molar-refractivity contribution in [3.8, 4) is 0 Å². The van der Waals surface area contributed by atoms with Crippen LogP contribution in [0.25, 0.3) is 0 Å². The average Bonchev–Trinajstić information content (AvgIpc) is 2.34. The van der Waals surface area contributed by atoms with Gasteiger partial charge in [-0.15, -0.1) is 0 Å². The number of carbonyl (C=O) groups is 1. The van der Waals surface area contributed by atoms with Crippen molar-refractivity contribution in [2.45, 2.75) is 70.5 Å². The average molecular weight is 248 g/mol. The molecule has 17 heavy (non-hydrogen) atoms. The molecule has 0 unspecified atom stereocenters. The van der Waals surface area contributed by atoms with Gasteiger partial charge in [-0.2, -0.15) is 0 Å². The van der Waals surface area contributed by atoms with Crippen LogP contribution in [0.3, 0.4) is 0 Å². The van der Waals surface area contributed by atoms with Gasteiger partial charge in [-0.25, -0.2) is 0 Å². The van der Waals surface area contributed by atoms with Crippen molar-refractivity contribution in [1.82, 2.24) is 0 Å². The maximum atomic E-state index is 10.9. The van der Waals surface area contributed by atoms with E-state index in [4.69, 9.17) is 2.74 Å². The number of methoxy groups -OCH3 is 1. The Morgan fingerprint density at radius 3 is 2.18 bits per heavy atom. The van der Waals surface area contributed by atoms with E-state index in [-0.39, 0.29) is 25.2 Å². The van der Waals surface area contributed by atoms with Crippen LogP contribution in [0.15, 0.2) is 0 Å². The molecule has 0 rings (SSSR count). The van der Waals surface area contributed by atoms with Crippen molar-refractivity contribution in [3.05, 3.63) is 0 Å². The molecule has 102 valence electrons. The number of hydrogen-bond donors (Lipinski definition) is 2. The number of aliphatic hydroxyl groups is 2. The van der Waals surface area contributed by atoms with Gasteiger partial charge in [-0.3, -0.25) is 4.79 Å². The van der Waals surface area contributed by atoms with Gasteiger partial charge in [0.2, 0.25) is 0 Å². The smallest absolute Gasteiger partial charge is 0.305 e. The fraction of sp³-hybridized carbons (Fsp3) is 0.923. The molecule has 4 nitrogen and oxygen atoms in total. The van der Waals surface area contributed by atoms with E-state index in [2.05, 4.69) is 4.74 Å². The maximum Gasteiger partial charge on any atom is 0.305 e. The monoisotopic (exact) mass is 248 g/mol. The van der Waals surface area contributed by atoms with Crippen molar-refractivity contribution in [3.63, 3.8) is 0 Å². The van der Waals surface area contributed by atoms with Gasteiger partial charge in [0.05, 0.1) is 22.0 Å². The predicted octanol–water partition coefficient (Wildman–Crippen LogP) is 2.02. The molecule has 0 aliphatic heterocycles. The summed E-state index contributed by atoms with van der Waals surface area (Å²) < 4.78 is 19.9. The number of carbonyl (C=O) groups excluding carboxylic acids is 1. The maximum absolute atomic E-state index is 10.9. The molecule has 0 aromatic carbocycles. The van der Waals surface area contributed by atoms with Crippen LogP contribution in [0.4, 0.5) is 0 Å². The molecule has 2 N–H and O–H groups in total. The van der Waals surface area contributed by atoms with Gasteiger partial charge in [-0.05, 0) is 19.3 Å². The highest BCUT2D eigenvalue weighted by Gasteiger charge is 2.15. The van der Waals surface area contributed by atoms with Crippen molar-refractivity contribution in [2.75, 3.05) is 7.11 Å². The molecule has 4 heteroatoms. The second kappa shape index (κ2) is 10.5. The van der Waals surface area contributed by atoms with E-state index >= 15 is 0 Å². The van der Waals surface area contributed by atoms with Crippen molar-refractivity contribution < 1.29 is 22.5 Å². The van der Waals surface area contributed by atoms with Gasteiger partial charge in [0.1, 0.15) is 0 Å². The third-order valence-electron chi connectivity index (χ3n) is 2.62. The molecule has 2 atom stereocenters. The van der Waals surface area contributed by atoms with E-state index < -0.39 is 12.2 Å². The lowest BCUT2D eigenvalue weighted by Crippen LogP contribution is -2.25. The van der Waals surface area contributed by atoms with E-state index in [0.29, 0.717) is 19.3 Å². The molecule has 0 radical (unpaired) electrons. The molecule has 0 saturated heterocycles. The lowest BCUT2D eigenvalue weighted by atomic mass is 10.0. The van der Waals surface area contributed by atoms with E-state index in [1.54, 1.807) is 0 Å². The highest BCUT2D eigenvalue weighted by Crippen LogP contribution is 2.12. The summed E-state index contributed by atoms with van der Waals surface area (Å²) >= 11 is 0. The Labute approximate surface area is 107 Å². The normalized spacial score (nSPS) is 19.8. The second-order valence-corrected chi connectivity index (χ2v) is 4.13. The van der Waals surface area contributed by atoms with Gasteiger partial charge in [-0.1, -0.05) is 32.6 Å². The standard InChI is InChI=1S/C13H26O4/c1-3-4-5-8-11(14)12(15)9-6-7-10-13(16)17-2/h11-12,14-15H,3-10H2,1-2H3/t11-,12-/m0/s1/i11D,12D. The number of hydrogen-bond acceptors (Lipinski definition) is 4. The first-order valence-electron chi connectivity index (χ1n) is 7.28. The SMILES string of the molecule is [2H][C@](O)(CCCCC)[C@@]([2H])(O)CCCCC(=O)OC. The summed E-state index contributed by atoms with van der Waals surface area (Å²) in [7, 11) is 1.31. The molecule has 0 bridgehead atoms. The summed E-state index contributed by atoms with van der Waals surface area (Å²) in [4.78, 5) is 10.9. The first-order valence-corrected chi connectivity index (χ1v) is 6.28. The first kappa shape index (κ1) is 12.8. The molecule has 0 aliphatic rings. The molecular weight excluding hydrogens is 220 g/mol. The summed E-state index contributed by atoms with van der Waals surface area (Å²) in [5.41, 5.74) is 0. The van der Waals surface area contributed by atoms with E-state index in [9.17, 15) is 15.0 Å². The summed E-state index contributed by atoms with van der Waals surface area (Å²) in [6, 6.07) is 0. The van der Waals surface area contributed by atoms with Crippen LogP contribution in [0.1, 0.15) is 61.0 Å². The van der Waals surface area contributed by atoms with Crippen LogP contribution in [0.5, 0.6) is 0 Å². The highest BCUT2D eigenvalue weighted by atomic mass is 16.5. The lowest BCUT2D eigenvalue weighted by molar-refractivity contribution is -0.140. The van der Waals surface area contributed by atoms with Gasteiger partial charge in [0.15, 0.2) is 0 Å². The Hall–Kier alpha value is -0.610. The molecule has 0 saturated carbocycles. The molecular formula is C13H26O4. The Morgan fingerprint density at radius 1 is 1.18 bits per heavy atom. The number of unbranched alkanes of at least 4 members (excludes halogenated alkanes) is 3. The van der Waals surface area contributed by atoms with E-state index in [0.717, 1.165) is 12.8 Å². The number of rotatable bonds is 10. The summed E-state index contributed by atoms with van der Waals surface area (Å²) in [5.74, 6) is -0.336. The summed E-state index contributed by atoms with van der Waals surface area (Å²) in [5, 5.41) is 19.7. The molecule has 0 aromatic rings. The second-order valence-electron chi connectivity index (χ2n) is 4.13. The van der Waals surface area contributed by atoms with Crippen molar-refractivity contribution >= 4 is 5.97 Å². The fourth-order valence-corrected chi connectivity index (χ4v) is 1.49. The Morgan fingerprint density at radius 2 is 1.71 bits per heavy atom. The van der Waals surface area contributed by atoms with Crippen LogP contribution in [-0.4, -0.2) is 35.5 Å². The minimum Gasteiger partial charge on any atom is -0.469 e. The van der Waals surface area contributed by atoms with E-state index in [1.165, 1.54) is 7.11 Å². The highest BCUT2D eigenvalue weighted by molar-refractivity contribution is 5.68. The number of esters is 1. The zero-order valence-electron chi connectivity index (χ0n) is 12.9. The number of ether oxygens (including phenoxy) is 1. The molecule has 0 heterocycles. The summed E-state index contributed by atoms with van der Waals surface area (Å²) in [6.07, 6.45) is -0.800. The van der Waals surface area contributed by atoms with Gasteiger partial charge < -0.3 is 14.9 Å². The fourth-order valence-electron chi connectivity index (χ4n) is 1.49. The molecule has 0 aliphatic carbocycles. The van der Waals surface area contributed by atoms with Gasteiger partial charge in [0.25, 0.3) is 0 Å². The summed E-state index contributed by atoms with van der Waals surface area (Å²) in [6.45, 7) is 2.00. The predicted molar refractivity (Wildman–Crippen MR) is 66.6 cm³/mol. The largest absolute Gasteiger partial charge is 0.469 e. The molecule has 0 aromatic heterocycles. The van der Waals surface area contributed by atoms with Crippen molar-refractivity contribution in [1.29, 1.82) is 0 Å². The van der Waals surface area contributed by atoms with Crippen LogP contribution in [-0.2, 0) is 9.53 Å². The van der Waals surface area contributed by atoms with Gasteiger partial charge >= 0.3 is 5.97 Å².